The van der Waals surface area contributed by atoms with Crippen LogP contribution < -0.4 is 5.73 Å². The first-order valence-electron chi connectivity index (χ1n) is 6.70. The van der Waals surface area contributed by atoms with Crippen LogP contribution in [-0.2, 0) is 0 Å². The molecule has 0 saturated heterocycles. The van der Waals surface area contributed by atoms with Gasteiger partial charge in [0, 0.05) is 12.1 Å². The molecule has 2 heteroatoms. The molecule has 2 nitrogen and oxygen atoms in total. The van der Waals surface area contributed by atoms with Gasteiger partial charge in [0.1, 0.15) is 0 Å². The first kappa shape index (κ1) is 13.5. The van der Waals surface area contributed by atoms with Crippen LogP contribution in [0.25, 0.3) is 0 Å². The molecule has 0 spiro atoms. The van der Waals surface area contributed by atoms with Crippen molar-refractivity contribution in [3.05, 3.63) is 0 Å². The predicted octanol–water partition coefficient (Wildman–Crippen LogP) is 2.38. The second-order valence-electron chi connectivity index (χ2n) is 4.90. The van der Waals surface area contributed by atoms with Crippen molar-refractivity contribution < 1.29 is 0 Å². The number of rotatable bonds is 5. The highest BCUT2D eigenvalue weighted by atomic mass is 15.2. The van der Waals surface area contributed by atoms with Crippen LogP contribution in [-0.4, -0.2) is 29.6 Å². The van der Waals surface area contributed by atoms with Crippen LogP contribution >= 0.6 is 0 Å². The van der Waals surface area contributed by atoms with Crippen LogP contribution in [0, 0.1) is 12.3 Å². The highest BCUT2D eigenvalue weighted by Crippen LogP contribution is 2.24. The van der Waals surface area contributed by atoms with Crippen molar-refractivity contribution in [1.82, 2.24) is 4.90 Å². The average molecular weight is 222 g/mol. The number of nitrogens with two attached hydrogens (primary N) is 1. The van der Waals surface area contributed by atoms with Gasteiger partial charge in [-0.15, -0.1) is 6.42 Å². The Balaban J connectivity index is 2.59. The Labute approximate surface area is 101 Å². The zero-order valence-electron chi connectivity index (χ0n) is 10.8. The molecule has 1 aliphatic rings. The molecule has 0 radical (unpaired) electrons. The number of nitrogens with zero attached hydrogens (tertiary/aromatic N) is 1. The molecule has 0 aromatic carbocycles. The van der Waals surface area contributed by atoms with E-state index in [0.29, 0.717) is 18.1 Å². The third-order valence-corrected chi connectivity index (χ3v) is 3.67. The summed E-state index contributed by atoms with van der Waals surface area (Å²) >= 11 is 0. The summed E-state index contributed by atoms with van der Waals surface area (Å²) < 4.78 is 0. The Kier molecular flexibility index (Phi) is 5.87. The van der Waals surface area contributed by atoms with Gasteiger partial charge in [-0.3, -0.25) is 4.90 Å². The largest absolute Gasteiger partial charge is 0.328 e. The zero-order valence-corrected chi connectivity index (χ0v) is 10.8. The molecular weight excluding hydrogens is 196 g/mol. The first-order valence-corrected chi connectivity index (χ1v) is 6.70. The Morgan fingerprint density at radius 3 is 2.38 bits per heavy atom. The number of terminal acetylenes is 1. The Hall–Kier alpha value is -0.520. The van der Waals surface area contributed by atoms with E-state index < -0.39 is 0 Å². The van der Waals surface area contributed by atoms with Gasteiger partial charge in [-0.25, -0.2) is 0 Å². The van der Waals surface area contributed by atoms with E-state index in [4.69, 9.17) is 12.2 Å². The molecule has 1 fully saturated rings. The number of hydrogen-bond acceptors (Lipinski definition) is 2. The minimum atomic E-state index is 0.319. The predicted molar refractivity (Wildman–Crippen MR) is 70.1 cm³/mol. The van der Waals surface area contributed by atoms with Crippen LogP contribution in [0.2, 0.25) is 0 Å². The second kappa shape index (κ2) is 6.93. The monoisotopic (exact) mass is 222 g/mol. The summed E-state index contributed by atoms with van der Waals surface area (Å²) in [5.41, 5.74) is 5.95. The van der Waals surface area contributed by atoms with Gasteiger partial charge in [-0.05, 0) is 45.1 Å². The molecule has 92 valence electrons. The van der Waals surface area contributed by atoms with Gasteiger partial charge in [-0.1, -0.05) is 19.8 Å². The fraction of sp³-hybridized carbons (Fsp3) is 0.857. The Morgan fingerprint density at radius 2 is 1.94 bits per heavy atom. The lowest BCUT2D eigenvalue weighted by Gasteiger charge is -2.38. The molecule has 1 rings (SSSR count). The molecule has 1 saturated carbocycles. The van der Waals surface area contributed by atoms with Crippen LogP contribution in [0.5, 0.6) is 0 Å². The molecule has 0 amide bonds. The van der Waals surface area contributed by atoms with Crippen LogP contribution in [0.15, 0.2) is 0 Å². The second-order valence-corrected chi connectivity index (χ2v) is 4.90. The highest BCUT2D eigenvalue weighted by Gasteiger charge is 2.27. The van der Waals surface area contributed by atoms with Gasteiger partial charge in [0.2, 0.25) is 0 Å². The quantitative estimate of drug-likeness (QED) is 0.724. The van der Waals surface area contributed by atoms with E-state index in [1.807, 2.05) is 0 Å². The summed E-state index contributed by atoms with van der Waals surface area (Å²) in [6, 6.07) is 1.41. The first-order chi connectivity index (χ1) is 7.72. The van der Waals surface area contributed by atoms with Gasteiger partial charge < -0.3 is 5.73 Å². The average Bonchev–Trinajstić information content (AvgIpc) is 2.31. The molecule has 0 aromatic rings. The van der Waals surface area contributed by atoms with E-state index in [2.05, 4.69) is 24.7 Å². The molecule has 1 unspecified atom stereocenters. The Bertz CT molecular complexity index is 223. The minimum absolute atomic E-state index is 0.319. The molecule has 0 heterocycles. The lowest BCUT2D eigenvalue weighted by Crippen LogP contribution is -2.46. The third kappa shape index (κ3) is 3.50. The third-order valence-electron chi connectivity index (χ3n) is 3.67. The van der Waals surface area contributed by atoms with Crippen molar-refractivity contribution in [3.8, 4) is 12.3 Å². The molecule has 0 aliphatic heterocycles. The smallest absolute Gasteiger partial charge is 0.0711 e. The van der Waals surface area contributed by atoms with E-state index in [9.17, 15) is 0 Å². The molecule has 16 heavy (non-hydrogen) atoms. The van der Waals surface area contributed by atoms with E-state index in [1.165, 1.54) is 19.3 Å². The topological polar surface area (TPSA) is 29.3 Å². The van der Waals surface area contributed by atoms with Crippen molar-refractivity contribution in [3.63, 3.8) is 0 Å². The fourth-order valence-electron chi connectivity index (χ4n) is 2.73. The Morgan fingerprint density at radius 1 is 1.31 bits per heavy atom. The summed E-state index contributed by atoms with van der Waals surface area (Å²) in [7, 11) is 0. The standard InChI is InChI=1S/C14H26N2/c1-4-11-16(13(5-2)6-3)14-9-7-12(15)8-10-14/h2,12-14H,4,6-11,15H2,1,3H3. The van der Waals surface area contributed by atoms with E-state index >= 15 is 0 Å². The van der Waals surface area contributed by atoms with Crippen LogP contribution in [0.3, 0.4) is 0 Å². The summed E-state index contributed by atoms with van der Waals surface area (Å²) in [6.07, 6.45) is 12.6. The van der Waals surface area contributed by atoms with Gasteiger partial charge >= 0.3 is 0 Å². The molecule has 2 N–H and O–H groups in total. The highest BCUT2D eigenvalue weighted by molar-refractivity contribution is 5.01. The fourth-order valence-corrected chi connectivity index (χ4v) is 2.73. The van der Waals surface area contributed by atoms with E-state index in [1.54, 1.807) is 0 Å². The SMILES string of the molecule is C#CC(CC)N(CCC)C1CCC(N)CC1. The van der Waals surface area contributed by atoms with Crippen LogP contribution in [0.1, 0.15) is 52.4 Å². The summed E-state index contributed by atoms with van der Waals surface area (Å²) in [4.78, 5) is 2.53. The molecule has 1 aliphatic carbocycles. The summed E-state index contributed by atoms with van der Waals surface area (Å²) in [5, 5.41) is 0. The molecular formula is C14H26N2. The molecule has 0 bridgehead atoms. The van der Waals surface area contributed by atoms with Crippen molar-refractivity contribution in [2.24, 2.45) is 5.73 Å². The maximum atomic E-state index is 5.95. The van der Waals surface area contributed by atoms with Gasteiger partial charge in [0.15, 0.2) is 0 Å². The molecule has 1 atom stereocenters. The van der Waals surface area contributed by atoms with E-state index in [0.717, 1.165) is 25.8 Å². The zero-order chi connectivity index (χ0) is 12.0. The number of hydrogen-bond donors (Lipinski definition) is 1. The lowest BCUT2D eigenvalue weighted by molar-refractivity contribution is 0.122. The van der Waals surface area contributed by atoms with Crippen molar-refractivity contribution in [1.29, 1.82) is 0 Å². The maximum Gasteiger partial charge on any atom is 0.0711 e. The summed E-state index contributed by atoms with van der Waals surface area (Å²) in [6.45, 7) is 5.54. The minimum Gasteiger partial charge on any atom is -0.328 e. The van der Waals surface area contributed by atoms with E-state index in [-0.39, 0.29) is 0 Å². The van der Waals surface area contributed by atoms with Crippen LogP contribution in [0.4, 0.5) is 0 Å². The lowest BCUT2D eigenvalue weighted by atomic mass is 9.89. The van der Waals surface area contributed by atoms with Crippen molar-refractivity contribution >= 4 is 0 Å². The molecule has 0 aromatic heterocycles. The van der Waals surface area contributed by atoms with Crippen molar-refractivity contribution in [2.45, 2.75) is 70.5 Å². The maximum absolute atomic E-state index is 5.95. The van der Waals surface area contributed by atoms with Crippen molar-refractivity contribution in [2.75, 3.05) is 6.54 Å². The van der Waals surface area contributed by atoms with Gasteiger partial charge in [0.05, 0.1) is 6.04 Å². The van der Waals surface area contributed by atoms with Gasteiger partial charge in [0.25, 0.3) is 0 Å². The van der Waals surface area contributed by atoms with Gasteiger partial charge in [-0.2, -0.15) is 0 Å². The normalized spacial score (nSPS) is 27.7. The summed E-state index contributed by atoms with van der Waals surface area (Å²) in [5.74, 6) is 2.94.